The van der Waals surface area contributed by atoms with Gasteiger partial charge in [0.05, 0.1) is 39.9 Å². The van der Waals surface area contributed by atoms with Crippen LogP contribution in [0.3, 0.4) is 0 Å². The van der Waals surface area contributed by atoms with Crippen molar-refractivity contribution in [2.24, 2.45) is 0 Å². The van der Waals surface area contributed by atoms with Gasteiger partial charge in [0.25, 0.3) is 0 Å². The van der Waals surface area contributed by atoms with Crippen LogP contribution in [0.25, 0.3) is 127 Å². The SMILES string of the molecule is [C-]#[N+]c1ccc(-c2cc(-c3ccc(C(F)(F)F)cc3C)ccc2-n2c3ccc(-c4c(C)cc(C)cc4C)cc3c3cc(-c4c(C)cc(C)cc4C)ccc32)c(-n2c3ccc(-c4c(C)cc(C)cc4C)cc3c3cc(-c4c(C)cc(C)cc4C)ccc32)c1. The molecule has 0 atom stereocenters. The number of hydrogen-bond acceptors (Lipinski definition) is 0. The van der Waals surface area contributed by atoms with Crippen molar-refractivity contribution in [3.63, 3.8) is 0 Å². The standard InChI is InChI=1S/C81H68F3N3/c1-44-29-49(6)77(50(7)30-44)58-16-25-72-67(39-58)68-40-59(78-51(8)31-45(2)32-52(78)9)17-26-73(68)86(72)71-24-15-57(64-22-20-62(37-48(64)5)81(82,83)84)38-66(71)65-23-21-63(85-14)43-76(65)87-74-27-18-60(79-53(10)33-46(3)34-54(79)11)41-69(74)70-42-61(19-28-75(70)87)80-55(12)35-47(4)36-56(80)13/h15-43H,1-13H3. The lowest BCUT2D eigenvalue weighted by molar-refractivity contribution is -0.137. The van der Waals surface area contributed by atoms with Crippen molar-refractivity contribution in [3.8, 4) is 78.1 Å². The molecule has 6 heteroatoms. The largest absolute Gasteiger partial charge is 0.416 e. The molecule has 87 heavy (non-hydrogen) atoms. The van der Waals surface area contributed by atoms with Crippen LogP contribution in [0.2, 0.25) is 0 Å². The van der Waals surface area contributed by atoms with Crippen LogP contribution in [0.5, 0.6) is 0 Å². The minimum atomic E-state index is -4.50. The average Bonchev–Trinajstić information content (AvgIpc) is 1.78. The number of fused-ring (bicyclic) bond motifs is 6. The Bertz CT molecular complexity index is 4800. The van der Waals surface area contributed by atoms with Crippen LogP contribution < -0.4 is 0 Å². The Hall–Kier alpha value is -9.70. The van der Waals surface area contributed by atoms with Gasteiger partial charge in [-0.1, -0.05) is 119 Å². The van der Waals surface area contributed by atoms with E-state index in [1.165, 1.54) is 101 Å². The molecule has 11 aromatic carbocycles. The van der Waals surface area contributed by atoms with Gasteiger partial charge in [-0.15, -0.1) is 0 Å². The van der Waals surface area contributed by atoms with Crippen LogP contribution in [0.15, 0.2) is 176 Å². The molecule has 0 aliphatic heterocycles. The van der Waals surface area contributed by atoms with Gasteiger partial charge in [-0.05, 0) is 275 Å². The maximum atomic E-state index is 14.4. The van der Waals surface area contributed by atoms with Crippen molar-refractivity contribution in [1.29, 1.82) is 0 Å². The molecule has 428 valence electrons. The van der Waals surface area contributed by atoms with Crippen LogP contribution in [0, 0.1) is 96.6 Å². The lowest BCUT2D eigenvalue weighted by Crippen LogP contribution is -2.05. The van der Waals surface area contributed by atoms with Crippen LogP contribution in [-0.2, 0) is 6.18 Å². The molecule has 0 aliphatic carbocycles. The fourth-order valence-electron chi connectivity index (χ4n) is 15.0. The molecule has 2 heterocycles. The third-order valence-corrected chi connectivity index (χ3v) is 18.1. The number of alkyl halides is 3. The first-order valence-electron chi connectivity index (χ1n) is 29.9. The normalized spacial score (nSPS) is 11.9. The summed E-state index contributed by atoms with van der Waals surface area (Å²) in [5.41, 5.74) is 33.1. The van der Waals surface area contributed by atoms with Gasteiger partial charge in [-0.3, -0.25) is 0 Å². The van der Waals surface area contributed by atoms with E-state index in [9.17, 15) is 13.2 Å². The molecule has 0 unspecified atom stereocenters. The number of aryl methyl sites for hydroxylation is 13. The molecule has 0 saturated heterocycles. The van der Waals surface area contributed by atoms with Gasteiger partial charge in [-0.2, -0.15) is 13.2 Å². The van der Waals surface area contributed by atoms with Gasteiger partial charge in [0, 0.05) is 38.4 Å². The number of halogens is 3. The van der Waals surface area contributed by atoms with Crippen LogP contribution in [0.4, 0.5) is 18.9 Å². The average molecular weight is 1140 g/mol. The highest BCUT2D eigenvalue weighted by atomic mass is 19.4. The molecule has 0 amide bonds. The summed E-state index contributed by atoms with van der Waals surface area (Å²) in [5, 5.41) is 4.34. The zero-order valence-corrected chi connectivity index (χ0v) is 51.7. The van der Waals surface area contributed by atoms with Gasteiger partial charge in [0.15, 0.2) is 5.69 Å². The van der Waals surface area contributed by atoms with E-state index in [-0.39, 0.29) is 0 Å². The smallest absolute Gasteiger partial charge is 0.310 e. The second-order valence-corrected chi connectivity index (χ2v) is 24.8. The second-order valence-electron chi connectivity index (χ2n) is 24.8. The number of hydrogen-bond donors (Lipinski definition) is 0. The maximum Gasteiger partial charge on any atom is 0.416 e. The number of aromatic nitrogens is 2. The van der Waals surface area contributed by atoms with Gasteiger partial charge in [-0.25, -0.2) is 4.85 Å². The molecule has 0 aliphatic rings. The lowest BCUT2D eigenvalue weighted by atomic mass is 9.91. The van der Waals surface area contributed by atoms with E-state index in [1.54, 1.807) is 13.0 Å². The van der Waals surface area contributed by atoms with Crippen molar-refractivity contribution < 1.29 is 13.2 Å². The van der Waals surface area contributed by atoms with E-state index >= 15 is 0 Å². The predicted molar refractivity (Wildman–Crippen MR) is 361 cm³/mol. The van der Waals surface area contributed by atoms with Crippen LogP contribution in [0.1, 0.15) is 77.9 Å². The Morgan fingerprint density at radius 1 is 0.299 bits per heavy atom. The van der Waals surface area contributed by atoms with E-state index in [0.29, 0.717) is 16.8 Å². The molecule has 13 rings (SSSR count). The third kappa shape index (κ3) is 9.62. The first kappa shape index (κ1) is 56.4. The summed E-state index contributed by atoms with van der Waals surface area (Å²) >= 11 is 0. The highest BCUT2D eigenvalue weighted by Gasteiger charge is 2.31. The second kappa shape index (κ2) is 21.1. The molecular formula is C81H68F3N3. The summed E-state index contributed by atoms with van der Waals surface area (Å²) < 4.78 is 47.8. The van der Waals surface area contributed by atoms with Crippen molar-refractivity contribution >= 4 is 49.3 Å². The number of benzene rings is 11. The molecular weight excluding hydrogens is 1070 g/mol. The fourth-order valence-corrected chi connectivity index (χ4v) is 15.0. The van der Waals surface area contributed by atoms with E-state index in [1.807, 2.05) is 18.2 Å². The van der Waals surface area contributed by atoms with Crippen molar-refractivity contribution in [2.45, 2.75) is 96.2 Å². The molecule has 0 radical (unpaired) electrons. The first-order valence-corrected chi connectivity index (χ1v) is 29.9. The number of nitrogens with zero attached hydrogens (tertiary/aromatic N) is 3. The highest BCUT2D eigenvalue weighted by Crippen LogP contribution is 2.47. The molecule has 0 bridgehead atoms. The van der Waals surface area contributed by atoms with Gasteiger partial charge in [0.2, 0.25) is 0 Å². The lowest BCUT2D eigenvalue weighted by Gasteiger charge is -2.21. The molecule has 3 nitrogen and oxygen atoms in total. The summed E-state index contributed by atoms with van der Waals surface area (Å²) in [4.78, 5) is 4.10. The number of rotatable bonds is 8. The topological polar surface area (TPSA) is 14.2 Å². The highest BCUT2D eigenvalue weighted by molar-refractivity contribution is 6.14. The zero-order valence-electron chi connectivity index (χ0n) is 51.7. The van der Waals surface area contributed by atoms with Gasteiger partial charge in [0.1, 0.15) is 0 Å². The van der Waals surface area contributed by atoms with E-state index < -0.39 is 11.7 Å². The quantitative estimate of drug-likeness (QED) is 0.135. The van der Waals surface area contributed by atoms with Gasteiger partial charge >= 0.3 is 6.18 Å². The van der Waals surface area contributed by atoms with E-state index in [2.05, 4.69) is 237 Å². The molecule has 0 N–H and O–H groups in total. The Kier molecular flexibility index (Phi) is 13.7. The van der Waals surface area contributed by atoms with Crippen LogP contribution >= 0.6 is 0 Å². The minimum Gasteiger partial charge on any atom is -0.310 e. The molecule has 2 aromatic heterocycles. The summed E-state index contributed by atoms with van der Waals surface area (Å²) in [6, 6.07) is 61.7. The maximum absolute atomic E-state index is 14.4. The molecule has 0 fully saturated rings. The van der Waals surface area contributed by atoms with Gasteiger partial charge < -0.3 is 9.13 Å². The molecule has 0 spiro atoms. The van der Waals surface area contributed by atoms with Crippen molar-refractivity contribution in [1.82, 2.24) is 9.13 Å². The zero-order chi connectivity index (χ0) is 61.2. The molecule has 13 aromatic rings. The molecule has 0 saturated carbocycles. The summed E-state index contributed by atoms with van der Waals surface area (Å²) in [6.45, 7) is 36.4. The first-order chi connectivity index (χ1) is 41.5. The van der Waals surface area contributed by atoms with Crippen molar-refractivity contribution in [2.75, 3.05) is 0 Å². The summed E-state index contributed by atoms with van der Waals surface area (Å²) in [5.74, 6) is 0. The third-order valence-electron chi connectivity index (χ3n) is 18.1. The van der Waals surface area contributed by atoms with E-state index in [4.69, 9.17) is 6.57 Å². The fraction of sp³-hybridized carbons (Fsp3) is 0.173. The summed E-state index contributed by atoms with van der Waals surface area (Å²) in [6.07, 6.45) is -4.50. The Morgan fingerprint density at radius 2 is 0.632 bits per heavy atom. The Morgan fingerprint density at radius 3 is 0.966 bits per heavy atom. The van der Waals surface area contributed by atoms with Crippen LogP contribution in [-0.4, -0.2) is 9.13 Å². The summed E-state index contributed by atoms with van der Waals surface area (Å²) in [7, 11) is 0. The van der Waals surface area contributed by atoms with E-state index in [0.717, 1.165) is 93.9 Å². The van der Waals surface area contributed by atoms with Crippen molar-refractivity contribution in [3.05, 3.63) is 265 Å². The monoisotopic (exact) mass is 1140 g/mol. The minimum absolute atomic E-state index is 0.477. The Labute approximate surface area is 508 Å². The predicted octanol–water partition coefficient (Wildman–Crippen LogP) is 23.5. The Balaban J connectivity index is 1.14.